The Morgan fingerprint density at radius 3 is 2.73 bits per heavy atom. The van der Waals surface area contributed by atoms with Crippen molar-refractivity contribution in [1.82, 2.24) is 5.32 Å². The van der Waals surface area contributed by atoms with Gasteiger partial charge in [0.05, 0.1) is 4.47 Å². The summed E-state index contributed by atoms with van der Waals surface area (Å²) in [7, 11) is 0. The average Bonchev–Trinajstić information content (AvgIpc) is 2.86. The second-order valence-corrected chi connectivity index (χ2v) is 6.09. The number of hydrogen-bond acceptors (Lipinski definition) is 3. The van der Waals surface area contributed by atoms with Crippen LogP contribution in [0.5, 0.6) is 0 Å². The molecule has 22 heavy (non-hydrogen) atoms. The number of rotatable bonds is 7. The molecule has 1 amide bonds. The maximum atomic E-state index is 12.0. The molecule has 0 bridgehead atoms. The maximum absolute atomic E-state index is 12.0. The van der Waals surface area contributed by atoms with Gasteiger partial charge in [0.15, 0.2) is 5.76 Å². The van der Waals surface area contributed by atoms with Crippen molar-refractivity contribution in [2.75, 3.05) is 6.54 Å². The summed E-state index contributed by atoms with van der Waals surface area (Å²) in [5, 5.41) is 12.2. The van der Waals surface area contributed by atoms with E-state index in [0.29, 0.717) is 18.5 Å². The monoisotopic (exact) mass is 367 g/mol. The molecule has 1 heterocycles. The molecule has 6 heteroatoms. The highest BCUT2D eigenvalue weighted by atomic mass is 79.9. The standard InChI is InChI=1S/C16H18BrNO4/c1-10-7-11-9-13(22-15(11)12(17)8-10)16(21)18-6-4-2-3-5-14(19)20/h7-9H,2-6H2,1H3,(H,18,21)(H,19,20). The number of benzene rings is 1. The smallest absolute Gasteiger partial charge is 0.303 e. The topological polar surface area (TPSA) is 79.5 Å². The van der Waals surface area contributed by atoms with Crippen molar-refractivity contribution in [2.45, 2.75) is 32.6 Å². The molecule has 0 saturated heterocycles. The number of carboxylic acids is 1. The Hall–Kier alpha value is -1.82. The van der Waals surface area contributed by atoms with Gasteiger partial charge in [-0.05, 0) is 59.5 Å². The van der Waals surface area contributed by atoms with Gasteiger partial charge < -0.3 is 14.8 Å². The van der Waals surface area contributed by atoms with E-state index in [1.54, 1.807) is 6.07 Å². The SMILES string of the molecule is Cc1cc(Br)c2oc(C(=O)NCCCCCC(=O)O)cc2c1. The zero-order valence-corrected chi connectivity index (χ0v) is 13.9. The Morgan fingerprint density at radius 1 is 1.23 bits per heavy atom. The number of carbonyl (C=O) groups is 2. The van der Waals surface area contributed by atoms with Crippen LogP contribution < -0.4 is 5.32 Å². The van der Waals surface area contributed by atoms with E-state index in [2.05, 4.69) is 21.2 Å². The fourth-order valence-corrected chi connectivity index (χ4v) is 2.90. The van der Waals surface area contributed by atoms with Gasteiger partial charge in [-0.1, -0.05) is 6.42 Å². The van der Waals surface area contributed by atoms with Gasteiger partial charge in [0.2, 0.25) is 0 Å². The van der Waals surface area contributed by atoms with E-state index >= 15 is 0 Å². The summed E-state index contributed by atoms with van der Waals surface area (Å²) in [6, 6.07) is 5.63. The molecule has 1 aromatic heterocycles. The van der Waals surface area contributed by atoms with Gasteiger partial charge in [0.1, 0.15) is 5.58 Å². The number of aliphatic carboxylic acids is 1. The van der Waals surface area contributed by atoms with E-state index in [1.807, 2.05) is 19.1 Å². The van der Waals surface area contributed by atoms with Crippen molar-refractivity contribution < 1.29 is 19.1 Å². The fraction of sp³-hybridized carbons (Fsp3) is 0.375. The predicted octanol–water partition coefficient (Wildman–Crippen LogP) is 3.88. The van der Waals surface area contributed by atoms with Gasteiger partial charge in [0.25, 0.3) is 5.91 Å². The summed E-state index contributed by atoms with van der Waals surface area (Å²) in [5.74, 6) is -0.752. The van der Waals surface area contributed by atoms with Gasteiger partial charge >= 0.3 is 5.97 Å². The molecule has 0 spiro atoms. The minimum absolute atomic E-state index is 0.172. The minimum atomic E-state index is -0.785. The lowest BCUT2D eigenvalue weighted by Gasteiger charge is -2.02. The van der Waals surface area contributed by atoms with Gasteiger partial charge in [-0.25, -0.2) is 0 Å². The largest absolute Gasteiger partial charge is 0.481 e. The molecule has 2 rings (SSSR count). The van der Waals surface area contributed by atoms with Crippen LogP contribution in [0.1, 0.15) is 41.8 Å². The van der Waals surface area contributed by atoms with Crippen molar-refractivity contribution >= 4 is 38.8 Å². The lowest BCUT2D eigenvalue weighted by atomic mass is 10.2. The lowest BCUT2D eigenvalue weighted by Crippen LogP contribution is -2.23. The third-order valence-electron chi connectivity index (χ3n) is 3.29. The lowest BCUT2D eigenvalue weighted by molar-refractivity contribution is -0.137. The Balaban J connectivity index is 1.88. The summed E-state index contributed by atoms with van der Waals surface area (Å²) in [6.07, 6.45) is 2.33. The Labute approximate surface area is 136 Å². The first-order chi connectivity index (χ1) is 10.5. The van der Waals surface area contributed by atoms with Crippen molar-refractivity contribution in [2.24, 2.45) is 0 Å². The summed E-state index contributed by atoms with van der Waals surface area (Å²) in [6.45, 7) is 2.49. The second kappa shape index (κ2) is 7.45. The van der Waals surface area contributed by atoms with Gasteiger partial charge in [-0.15, -0.1) is 0 Å². The molecule has 1 aromatic carbocycles. The molecule has 0 aliphatic carbocycles. The third kappa shape index (κ3) is 4.34. The summed E-state index contributed by atoms with van der Waals surface area (Å²) >= 11 is 3.43. The number of unbranched alkanes of at least 4 members (excludes halogenated alkanes) is 2. The molecule has 0 saturated carbocycles. The van der Waals surface area contributed by atoms with E-state index < -0.39 is 5.97 Å². The number of nitrogens with one attached hydrogen (secondary N) is 1. The number of halogens is 1. The molecule has 0 fully saturated rings. The van der Waals surface area contributed by atoms with Crippen LogP contribution >= 0.6 is 15.9 Å². The van der Waals surface area contributed by atoms with Crippen molar-refractivity contribution in [3.63, 3.8) is 0 Å². The van der Waals surface area contributed by atoms with Crippen LogP contribution in [0.4, 0.5) is 0 Å². The number of aryl methyl sites for hydroxylation is 1. The third-order valence-corrected chi connectivity index (χ3v) is 3.88. The quantitative estimate of drug-likeness (QED) is 0.727. The number of amides is 1. The molecule has 5 nitrogen and oxygen atoms in total. The number of carboxylic acid groups (broad SMARTS) is 1. The second-order valence-electron chi connectivity index (χ2n) is 5.24. The molecular weight excluding hydrogens is 350 g/mol. The fourth-order valence-electron chi connectivity index (χ4n) is 2.23. The van der Waals surface area contributed by atoms with Crippen LogP contribution in [0, 0.1) is 6.92 Å². The van der Waals surface area contributed by atoms with E-state index in [-0.39, 0.29) is 18.1 Å². The molecule has 2 aromatic rings. The highest BCUT2D eigenvalue weighted by molar-refractivity contribution is 9.10. The Morgan fingerprint density at radius 2 is 2.00 bits per heavy atom. The summed E-state index contributed by atoms with van der Waals surface area (Å²) in [4.78, 5) is 22.4. The van der Waals surface area contributed by atoms with Crippen molar-refractivity contribution in [3.05, 3.63) is 34.0 Å². The van der Waals surface area contributed by atoms with E-state index in [9.17, 15) is 9.59 Å². The van der Waals surface area contributed by atoms with Gasteiger partial charge in [0, 0.05) is 18.4 Å². The van der Waals surface area contributed by atoms with Crippen LogP contribution in [-0.4, -0.2) is 23.5 Å². The van der Waals surface area contributed by atoms with Crippen molar-refractivity contribution in [3.8, 4) is 0 Å². The zero-order valence-electron chi connectivity index (χ0n) is 12.3. The molecule has 0 atom stereocenters. The van der Waals surface area contributed by atoms with Gasteiger partial charge in [-0.2, -0.15) is 0 Å². The van der Waals surface area contributed by atoms with Crippen molar-refractivity contribution in [1.29, 1.82) is 0 Å². The van der Waals surface area contributed by atoms with Crippen LogP contribution in [0.3, 0.4) is 0 Å². The number of fused-ring (bicyclic) bond motifs is 1. The molecule has 0 aliphatic rings. The molecule has 2 N–H and O–H groups in total. The van der Waals surface area contributed by atoms with Crippen LogP contribution in [0.15, 0.2) is 27.1 Å². The van der Waals surface area contributed by atoms with Gasteiger partial charge in [-0.3, -0.25) is 9.59 Å². The molecule has 0 unspecified atom stereocenters. The summed E-state index contributed by atoms with van der Waals surface area (Å²) < 4.78 is 6.42. The molecular formula is C16H18BrNO4. The van der Waals surface area contributed by atoms with E-state index in [1.165, 1.54) is 0 Å². The highest BCUT2D eigenvalue weighted by Crippen LogP contribution is 2.28. The first kappa shape index (κ1) is 16.5. The van der Waals surface area contributed by atoms with Crippen LogP contribution in [0.2, 0.25) is 0 Å². The summed E-state index contributed by atoms with van der Waals surface area (Å²) in [5.41, 5.74) is 1.75. The number of furan rings is 1. The van der Waals surface area contributed by atoms with E-state index in [4.69, 9.17) is 9.52 Å². The zero-order chi connectivity index (χ0) is 16.1. The first-order valence-corrected chi connectivity index (χ1v) is 7.96. The molecule has 118 valence electrons. The minimum Gasteiger partial charge on any atom is -0.481 e. The number of hydrogen-bond donors (Lipinski definition) is 2. The first-order valence-electron chi connectivity index (χ1n) is 7.17. The number of carbonyl (C=O) groups excluding carboxylic acids is 1. The predicted molar refractivity (Wildman–Crippen MR) is 87.1 cm³/mol. The van der Waals surface area contributed by atoms with Crippen LogP contribution in [-0.2, 0) is 4.79 Å². The molecule has 0 aliphatic heterocycles. The Bertz CT molecular complexity index is 693. The normalized spacial score (nSPS) is 10.8. The maximum Gasteiger partial charge on any atom is 0.303 e. The Kier molecular flexibility index (Phi) is 5.60. The van der Waals surface area contributed by atoms with Crippen LogP contribution in [0.25, 0.3) is 11.0 Å². The molecule has 0 radical (unpaired) electrons. The highest BCUT2D eigenvalue weighted by Gasteiger charge is 2.13. The van der Waals surface area contributed by atoms with E-state index in [0.717, 1.165) is 28.3 Å². The average molecular weight is 368 g/mol.